The lowest BCUT2D eigenvalue weighted by molar-refractivity contribution is 0.0839. The lowest BCUT2D eigenvalue weighted by atomic mass is 10.0. The van der Waals surface area contributed by atoms with E-state index in [0.29, 0.717) is 38.2 Å². The van der Waals surface area contributed by atoms with Crippen LogP contribution in [0, 0.1) is 0 Å². The minimum atomic E-state index is -0.287. The summed E-state index contributed by atoms with van der Waals surface area (Å²) in [6.45, 7) is 7.25. The van der Waals surface area contributed by atoms with Gasteiger partial charge in [0.1, 0.15) is 0 Å². The molecule has 1 aromatic heterocycles. The van der Waals surface area contributed by atoms with Gasteiger partial charge < -0.3 is 19.4 Å². The van der Waals surface area contributed by atoms with Crippen molar-refractivity contribution < 1.29 is 18.7 Å². The van der Waals surface area contributed by atoms with E-state index in [0.717, 1.165) is 0 Å². The van der Waals surface area contributed by atoms with Gasteiger partial charge >= 0.3 is 6.09 Å². The SMILES string of the molecule is CCOC(=O)N1CCC(NC(=O)c2ocnc2C(C)C)CC1. The first-order valence-corrected chi connectivity index (χ1v) is 7.68. The summed E-state index contributed by atoms with van der Waals surface area (Å²) < 4.78 is 10.2. The summed E-state index contributed by atoms with van der Waals surface area (Å²) in [6, 6.07) is 0.0308. The Morgan fingerprint density at radius 2 is 2.14 bits per heavy atom. The summed E-state index contributed by atoms with van der Waals surface area (Å²) in [5.41, 5.74) is 0.668. The van der Waals surface area contributed by atoms with Crippen LogP contribution < -0.4 is 5.32 Å². The Bertz CT molecular complexity index is 519. The van der Waals surface area contributed by atoms with E-state index in [9.17, 15) is 9.59 Å². The Morgan fingerprint density at radius 1 is 1.45 bits per heavy atom. The number of rotatable bonds is 4. The maximum Gasteiger partial charge on any atom is 0.409 e. The molecule has 0 spiro atoms. The average Bonchev–Trinajstić information content (AvgIpc) is 2.98. The highest BCUT2D eigenvalue weighted by atomic mass is 16.6. The summed E-state index contributed by atoms with van der Waals surface area (Å²) in [7, 11) is 0. The molecule has 1 aliphatic heterocycles. The number of carbonyl (C=O) groups excluding carboxylic acids is 2. The normalized spacial score (nSPS) is 15.9. The molecule has 2 amide bonds. The van der Waals surface area contributed by atoms with Gasteiger partial charge in [0.05, 0.1) is 12.3 Å². The topological polar surface area (TPSA) is 84.7 Å². The maximum atomic E-state index is 12.3. The minimum absolute atomic E-state index is 0.0308. The molecule has 7 nitrogen and oxygen atoms in total. The van der Waals surface area contributed by atoms with Gasteiger partial charge in [0.2, 0.25) is 5.76 Å². The molecule has 2 rings (SSSR count). The molecule has 1 aromatic rings. The van der Waals surface area contributed by atoms with Crippen molar-refractivity contribution in [2.24, 2.45) is 0 Å². The number of ether oxygens (including phenoxy) is 1. The Morgan fingerprint density at radius 3 is 2.73 bits per heavy atom. The summed E-state index contributed by atoms with van der Waals surface area (Å²) in [4.78, 5) is 29.6. The third kappa shape index (κ3) is 3.78. The van der Waals surface area contributed by atoms with Crippen molar-refractivity contribution in [3.63, 3.8) is 0 Å². The van der Waals surface area contributed by atoms with Gasteiger partial charge in [-0.15, -0.1) is 0 Å². The number of carbonyl (C=O) groups is 2. The molecule has 0 radical (unpaired) electrons. The molecule has 0 atom stereocenters. The van der Waals surface area contributed by atoms with Crippen molar-refractivity contribution in [2.45, 2.75) is 45.6 Å². The largest absolute Gasteiger partial charge is 0.450 e. The van der Waals surface area contributed by atoms with Crippen LogP contribution in [0.15, 0.2) is 10.8 Å². The summed E-state index contributed by atoms with van der Waals surface area (Å²) >= 11 is 0. The summed E-state index contributed by atoms with van der Waals surface area (Å²) in [5, 5.41) is 2.96. The highest BCUT2D eigenvalue weighted by molar-refractivity contribution is 5.92. The molecule has 122 valence electrons. The smallest absolute Gasteiger partial charge is 0.409 e. The second-order valence-electron chi connectivity index (χ2n) is 5.66. The standard InChI is InChI=1S/C15H23N3O4/c1-4-21-15(20)18-7-5-11(6-8-18)17-14(19)13-12(10(2)3)16-9-22-13/h9-11H,4-8H2,1-3H3,(H,17,19). The van der Waals surface area contributed by atoms with E-state index in [1.807, 2.05) is 13.8 Å². The monoisotopic (exact) mass is 309 g/mol. The molecule has 0 bridgehead atoms. The molecule has 1 N–H and O–H groups in total. The van der Waals surface area contributed by atoms with Crippen molar-refractivity contribution in [1.82, 2.24) is 15.2 Å². The average molecular weight is 309 g/mol. The highest BCUT2D eigenvalue weighted by Crippen LogP contribution is 2.18. The molecule has 0 aliphatic carbocycles. The molecule has 0 aromatic carbocycles. The third-order valence-electron chi connectivity index (χ3n) is 3.70. The van der Waals surface area contributed by atoms with Crippen molar-refractivity contribution in [1.29, 1.82) is 0 Å². The number of hydrogen-bond acceptors (Lipinski definition) is 5. The van der Waals surface area contributed by atoms with Crippen molar-refractivity contribution >= 4 is 12.0 Å². The molecule has 0 unspecified atom stereocenters. The van der Waals surface area contributed by atoms with Crippen LogP contribution >= 0.6 is 0 Å². The van der Waals surface area contributed by atoms with Crippen molar-refractivity contribution in [3.05, 3.63) is 17.8 Å². The first-order chi connectivity index (χ1) is 10.5. The molecule has 7 heteroatoms. The van der Waals surface area contributed by atoms with E-state index in [2.05, 4.69) is 10.3 Å². The van der Waals surface area contributed by atoms with Gasteiger partial charge in [-0.3, -0.25) is 4.79 Å². The molecule has 1 fully saturated rings. The van der Waals surface area contributed by atoms with Gasteiger partial charge in [-0.1, -0.05) is 13.8 Å². The van der Waals surface area contributed by atoms with Gasteiger partial charge in [0, 0.05) is 19.1 Å². The van der Waals surface area contributed by atoms with Crippen LogP contribution in [0.2, 0.25) is 0 Å². The quantitative estimate of drug-likeness (QED) is 0.921. The molecule has 1 aliphatic rings. The number of amides is 2. The molecular weight excluding hydrogens is 286 g/mol. The predicted molar refractivity (Wildman–Crippen MR) is 79.7 cm³/mol. The van der Waals surface area contributed by atoms with Gasteiger partial charge in [-0.2, -0.15) is 0 Å². The van der Waals surface area contributed by atoms with E-state index < -0.39 is 0 Å². The number of aromatic nitrogens is 1. The molecule has 1 saturated heterocycles. The molecular formula is C15H23N3O4. The van der Waals surface area contributed by atoms with E-state index in [-0.39, 0.29) is 29.7 Å². The first kappa shape index (κ1) is 16.3. The zero-order valence-electron chi connectivity index (χ0n) is 13.3. The number of nitrogens with zero attached hydrogens (tertiary/aromatic N) is 2. The molecule has 0 saturated carbocycles. The van der Waals surface area contributed by atoms with E-state index in [4.69, 9.17) is 9.15 Å². The Balaban J connectivity index is 1.87. The fourth-order valence-corrected chi connectivity index (χ4v) is 2.51. The van der Waals surface area contributed by atoms with Crippen LogP contribution in [0.3, 0.4) is 0 Å². The van der Waals surface area contributed by atoms with E-state index in [1.165, 1.54) is 6.39 Å². The van der Waals surface area contributed by atoms with Crippen LogP contribution in [0.1, 0.15) is 55.8 Å². The van der Waals surface area contributed by atoms with E-state index in [1.54, 1.807) is 11.8 Å². The predicted octanol–water partition coefficient (Wildman–Crippen LogP) is 2.15. The van der Waals surface area contributed by atoms with Crippen LogP contribution in [-0.4, -0.2) is 47.6 Å². The highest BCUT2D eigenvalue weighted by Gasteiger charge is 2.27. The lowest BCUT2D eigenvalue weighted by Crippen LogP contribution is -2.46. The van der Waals surface area contributed by atoms with Crippen LogP contribution in [0.4, 0.5) is 4.79 Å². The van der Waals surface area contributed by atoms with Gasteiger partial charge in [-0.05, 0) is 25.7 Å². The lowest BCUT2D eigenvalue weighted by Gasteiger charge is -2.31. The zero-order valence-corrected chi connectivity index (χ0v) is 13.3. The Labute approximate surface area is 130 Å². The zero-order chi connectivity index (χ0) is 16.1. The molecule has 22 heavy (non-hydrogen) atoms. The minimum Gasteiger partial charge on any atom is -0.450 e. The first-order valence-electron chi connectivity index (χ1n) is 7.68. The number of hydrogen-bond donors (Lipinski definition) is 1. The Kier molecular flexibility index (Phi) is 5.41. The fraction of sp³-hybridized carbons (Fsp3) is 0.667. The number of nitrogens with one attached hydrogen (secondary N) is 1. The van der Waals surface area contributed by atoms with Crippen LogP contribution in [0.5, 0.6) is 0 Å². The second-order valence-corrected chi connectivity index (χ2v) is 5.66. The van der Waals surface area contributed by atoms with Crippen LogP contribution in [-0.2, 0) is 4.74 Å². The van der Waals surface area contributed by atoms with Gasteiger partial charge in [-0.25, -0.2) is 9.78 Å². The van der Waals surface area contributed by atoms with E-state index >= 15 is 0 Å². The Hall–Kier alpha value is -2.05. The summed E-state index contributed by atoms with van der Waals surface area (Å²) in [5.74, 6) is 0.170. The number of likely N-dealkylation sites (tertiary alicyclic amines) is 1. The number of piperidine rings is 1. The molecule has 2 heterocycles. The van der Waals surface area contributed by atoms with Crippen LogP contribution in [0.25, 0.3) is 0 Å². The maximum absolute atomic E-state index is 12.3. The van der Waals surface area contributed by atoms with Gasteiger partial charge in [0.15, 0.2) is 6.39 Å². The van der Waals surface area contributed by atoms with Crippen molar-refractivity contribution in [3.8, 4) is 0 Å². The van der Waals surface area contributed by atoms with Gasteiger partial charge in [0.25, 0.3) is 5.91 Å². The second kappa shape index (κ2) is 7.29. The third-order valence-corrected chi connectivity index (χ3v) is 3.70. The van der Waals surface area contributed by atoms with Crippen molar-refractivity contribution in [2.75, 3.05) is 19.7 Å². The fourth-order valence-electron chi connectivity index (χ4n) is 2.51. The summed E-state index contributed by atoms with van der Waals surface area (Å²) in [6.07, 6.45) is 2.42. The number of oxazole rings is 1.